The largest absolute Gasteiger partial charge is 0.327 e. The Morgan fingerprint density at radius 3 is 2.68 bits per heavy atom. The smallest absolute Gasteiger partial charge is 0.142 e. The lowest BCUT2D eigenvalue weighted by molar-refractivity contribution is -0.124. The molecule has 0 amide bonds. The van der Waals surface area contributed by atoms with Gasteiger partial charge in [0, 0.05) is 18.4 Å². The molecule has 4 unspecified atom stereocenters. The van der Waals surface area contributed by atoms with Crippen molar-refractivity contribution in [2.75, 3.05) is 0 Å². The van der Waals surface area contributed by atoms with E-state index in [1.54, 1.807) is 6.07 Å². The van der Waals surface area contributed by atoms with Gasteiger partial charge in [0.15, 0.2) is 0 Å². The molecule has 2 aliphatic rings. The van der Waals surface area contributed by atoms with Gasteiger partial charge in [-0.3, -0.25) is 4.79 Å². The summed E-state index contributed by atoms with van der Waals surface area (Å²) in [7, 11) is 0. The molecule has 0 spiro atoms. The van der Waals surface area contributed by atoms with Crippen LogP contribution < -0.4 is 5.73 Å². The third-order valence-electron chi connectivity index (χ3n) is 4.75. The van der Waals surface area contributed by atoms with Crippen LogP contribution in [0.1, 0.15) is 24.8 Å². The summed E-state index contributed by atoms with van der Waals surface area (Å²) in [5.74, 6) is 1.29. The lowest BCUT2D eigenvalue weighted by atomic mass is 9.80. The maximum Gasteiger partial charge on any atom is 0.142 e. The Kier molecular flexibility index (Phi) is 3.59. The summed E-state index contributed by atoms with van der Waals surface area (Å²) >= 11 is 12.1. The van der Waals surface area contributed by atoms with Crippen molar-refractivity contribution in [3.05, 3.63) is 33.8 Å². The van der Waals surface area contributed by atoms with Crippen molar-refractivity contribution in [2.45, 2.75) is 31.7 Å². The van der Waals surface area contributed by atoms with Crippen LogP contribution in [-0.2, 0) is 11.2 Å². The molecule has 0 heterocycles. The zero-order valence-electron chi connectivity index (χ0n) is 10.6. The number of hydrogen-bond acceptors (Lipinski definition) is 2. The van der Waals surface area contributed by atoms with E-state index in [1.807, 2.05) is 12.1 Å². The number of nitrogens with two attached hydrogens (primary N) is 1. The Morgan fingerprint density at radius 1 is 1.26 bits per heavy atom. The third kappa shape index (κ3) is 2.31. The van der Waals surface area contributed by atoms with Crippen LogP contribution in [0.4, 0.5) is 0 Å². The number of benzene rings is 1. The van der Waals surface area contributed by atoms with E-state index in [9.17, 15) is 4.79 Å². The Bertz CT molecular complexity index is 515. The highest BCUT2D eigenvalue weighted by molar-refractivity contribution is 6.42. The number of halogens is 2. The minimum atomic E-state index is 0.0220. The second-order valence-electron chi connectivity index (χ2n) is 5.79. The molecule has 4 atom stereocenters. The lowest BCUT2D eigenvalue weighted by Gasteiger charge is -2.27. The summed E-state index contributed by atoms with van der Waals surface area (Å²) in [4.78, 5) is 12.5. The molecule has 102 valence electrons. The predicted octanol–water partition coefficient (Wildman–Crippen LogP) is 3.48. The van der Waals surface area contributed by atoms with Gasteiger partial charge in [-0.1, -0.05) is 35.3 Å². The normalized spacial score (nSPS) is 32.8. The minimum Gasteiger partial charge on any atom is -0.327 e. The molecule has 1 aromatic rings. The van der Waals surface area contributed by atoms with Crippen molar-refractivity contribution in [1.82, 2.24) is 0 Å². The maximum atomic E-state index is 12.5. The molecule has 2 fully saturated rings. The van der Waals surface area contributed by atoms with Gasteiger partial charge in [0.25, 0.3) is 0 Å². The molecular weight excluding hydrogens is 281 g/mol. The first-order valence-electron chi connectivity index (χ1n) is 6.79. The summed E-state index contributed by atoms with van der Waals surface area (Å²) in [5.41, 5.74) is 7.02. The molecule has 2 saturated carbocycles. The predicted molar refractivity (Wildman–Crippen MR) is 77.5 cm³/mol. The molecular formula is C15H17Cl2NO. The zero-order valence-corrected chi connectivity index (χ0v) is 12.1. The Morgan fingerprint density at radius 2 is 2.00 bits per heavy atom. The highest BCUT2D eigenvalue weighted by Crippen LogP contribution is 2.48. The molecule has 2 N–H and O–H groups in total. The Hall–Kier alpha value is -0.570. The van der Waals surface area contributed by atoms with Gasteiger partial charge in [-0.25, -0.2) is 0 Å². The highest BCUT2D eigenvalue weighted by Gasteiger charge is 2.48. The van der Waals surface area contributed by atoms with Crippen LogP contribution in [0.3, 0.4) is 0 Å². The van der Waals surface area contributed by atoms with Gasteiger partial charge >= 0.3 is 0 Å². The molecule has 0 aromatic heterocycles. The van der Waals surface area contributed by atoms with E-state index in [1.165, 1.54) is 6.42 Å². The number of fused-ring (bicyclic) bond motifs is 2. The highest BCUT2D eigenvalue weighted by atomic mass is 35.5. The van der Waals surface area contributed by atoms with Crippen LogP contribution in [0.5, 0.6) is 0 Å². The van der Waals surface area contributed by atoms with Gasteiger partial charge in [-0.15, -0.1) is 0 Å². The number of rotatable bonds is 3. The first kappa shape index (κ1) is 13.4. The molecule has 0 saturated heterocycles. The Balaban J connectivity index is 1.77. The van der Waals surface area contributed by atoms with Gasteiger partial charge in [0.1, 0.15) is 5.78 Å². The van der Waals surface area contributed by atoms with Gasteiger partial charge < -0.3 is 5.73 Å². The summed E-state index contributed by atoms with van der Waals surface area (Å²) < 4.78 is 0. The number of carbonyl (C=O) groups is 1. The summed E-state index contributed by atoms with van der Waals surface area (Å²) in [6, 6.07) is 5.48. The fourth-order valence-electron chi connectivity index (χ4n) is 3.80. The van der Waals surface area contributed by atoms with Gasteiger partial charge in [-0.2, -0.15) is 0 Å². The molecule has 4 heteroatoms. The molecule has 1 aromatic carbocycles. The summed E-state index contributed by atoms with van der Waals surface area (Å²) in [6.45, 7) is 0. The van der Waals surface area contributed by atoms with Crippen LogP contribution >= 0.6 is 23.2 Å². The molecule has 2 aliphatic carbocycles. The van der Waals surface area contributed by atoms with E-state index in [0.29, 0.717) is 28.3 Å². The fourth-order valence-corrected chi connectivity index (χ4v) is 4.19. The van der Waals surface area contributed by atoms with E-state index >= 15 is 0 Å². The first-order chi connectivity index (χ1) is 9.08. The fraction of sp³-hybridized carbons (Fsp3) is 0.533. The second-order valence-corrected chi connectivity index (χ2v) is 6.58. The van der Waals surface area contributed by atoms with Crippen molar-refractivity contribution < 1.29 is 4.79 Å². The monoisotopic (exact) mass is 297 g/mol. The average molecular weight is 298 g/mol. The molecule has 19 heavy (non-hydrogen) atoms. The Labute approximate surface area is 123 Å². The van der Waals surface area contributed by atoms with E-state index in [4.69, 9.17) is 28.9 Å². The second kappa shape index (κ2) is 5.08. The van der Waals surface area contributed by atoms with Gasteiger partial charge in [-0.05, 0) is 42.7 Å². The quantitative estimate of drug-likeness (QED) is 0.928. The van der Waals surface area contributed by atoms with Gasteiger partial charge in [0.2, 0.25) is 0 Å². The van der Waals surface area contributed by atoms with E-state index in [-0.39, 0.29) is 17.7 Å². The van der Waals surface area contributed by atoms with Crippen LogP contribution in [-0.4, -0.2) is 11.8 Å². The SMILES string of the molecule is NC1C2CCC(C2)C1C(=O)Cc1cccc(Cl)c1Cl. The molecule has 2 bridgehead atoms. The number of Topliss-reactive ketones (excluding diaryl/α,β-unsaturated/α-hetero) is 1. The van der Waals surface area contributed by atoms with E-state index in [0.717, 1.165) is 18.4 Å². The molecule has 3 rings (SSSR count). The summed E-state index contributed by atoms with van der Waals surface area (Å²) in [5, 5.41) is 0.999. The van der Waals surface area contributed by atoms with Crippen molar-refractivity contribution in [3.63, 3.8) is 0 Å². The van der Waals surface area contributed by atoms with Crippen molar-refractivity contribution in [2.24, 2.45) is 23.5 Å². The van der Waals surface area contributed by atoms with Crippen LogP contribution in [0, 0.1) is 17.8 Å². The maximum absolute atomic E-state index is 12.5. The zero-order chi connectivity index (χ0) is 13.6. The van der Waals surface area contributed by atoms with Crippen molar-refractivity contribution in [1.29, 1.82) is 0 Å². The standard InChI is InChI=1S/C15H17Cl2NO/c16-11-3-1-2-9(14(11)17)7-12(19)13-8-4-5-10(6-8)15(13)18/h1-3,8,10,13,15H,4-7,18H2. The summed E-state index contributed by atoms with van der Waals surface area (Å²) in [6.07, 6.45) is 3.81. The lowest BCUT2D eigenvalue weighted by Crippen LogP contribution is -2.40. The average Bonchev–Trinajstić information content (AvgIpc) is 2.95. The van der Waals surface area contributed by atoms with Crippen molar-refractivity contribution in [3.8, 4) is 0 Å². The van der Waals surface area contributed by atoms with Crippen molar-refractivity contribution >= 4 is 29.0 Å². The van der Waals surface area contributed by atoms with Crippen LogP contribution in [0.15, 0.2) is 18.2 Å². The molecule has 0 radical (unpaired) electrons. The molecule has 2 nitrogen and oxygen atoms in total. The van der Waals surface area contributed by atoms with E-state index < -0.39 is 0 Å². The van der Waals surface area contributed by atoms with E-state index in [2.05, 4.69) is 0 Å². The minimum absolute atomic E-state index is 0.0220. The molecule has 0 aliphatic heterocycles. The first-order valence-corrected chi connectivity index (χ1v) is 7.54. The van der Waals surface area contributed by atoms with Crippen LogP contribution in [0.25, 0.3) is 0 Å². The number of ketones is 1. The topological polar surface area (TPSA) is 43.1 Å². The number of hydrogen-bond donors (Lipinski definition) is 1. The van der Waals surface area contributed by atoms with Crippen LogP contribution in [0.2, 0.25) is 10.0 Å². The van der Waals surface area contributed by atoms with Gasteiger partial charge in [0.05, 0.1) is 10.0 Å². The number of carbonyl (C=O) groups excluding carboxylic acids is 1. The third-order valence-corrected chi connectivity index (χ3v) is 5.61.